The summed E-state index contributed by atoms with van der Waals surface area (Å²) >= 11 is 0. The molecule has 0 radical (unpaired) electrons. The molecule has 2 saturated heterocycles. The molecule has 0 saturated carbocycles. The second-order valence-electron chi connectivity index (χ2n) is 8.89. The van der Waals surface area contributed by atoms with Gasteiger partial charge in [-0.15, -0.1) is 0 Å². The standard InChI is InChI=1S/C27H29NO5/c1-26(2)32-24-23(28-29)22(31-25(24)33-26)18-30-27(19-12-6-3-7-13-19,20-14-8-4-9-15-20)21-16-10-5-11-17-21/h3-17,22-25,28-29H,18H2,1-2H3/t22-,23-,24-,25-/m1/s1. The van der Waals surface area contributed by atoms with Crippen molar-refractivity contribution in [3.63, 3.8) is 0 Å². The number of fused-ring (bicyclic) bond motifs is 1. The summed E-state index contributed by atoms with van der Waals surface area (Å²) in [6.07, 6.45) is -1.48. The Morgan fingerprint density at radius 2 is 1.30 bits per heavy atom. The van der Waals surface area contributed by atoms with Gasteiger partial charge < -0.3 is 24.2 Å². The molecule has 2 aliphatic rings. The lowest BCUT2D eigenvalue weighted by Gasteiger charge is -2.37. The van der Waals surface area contributed by atoms with Gasteiger partial charge in [-0.25, -0.2) is 0 Å². The molecule has 172 valence electrons. The largest absolute Gasteiger partial charge is 0.358 e. The number of benzene rings is 3. The van der Waals surface area contributed by atoms with E-state index in [9.17, 15) is 5.21 Å². The van der Waals surface area contributed by atoms with Gasteiger partial charge in [-0.1, -0.05) is 91.0 Å². The van der Waals surface area contributed by atoms with Crippen LogP contribution in [0.1, 0.15) is 30.5 Å². The second-order valence-corrected chi connectivity index (χ2v) is 8.89. The number of rotatable bonds is 7. The number of hydrogen-bond acceptors (Lipinski definition) is 6. The van der Waals surface area contributed by atoms with Crippen LogP contribution >= 0.6 is 0 Å². The van der Waals surface area contributed by atoms with Crippen molar-refractivity contribution in [1.82, 2.24) is 5.48 Å². The van der Waals surface area contributed by atoms with Crippen molar-refractivity contribution < 1.29 is 24.2 Å². The van der Waals surface area contributed by atoms with Gasteiger partial charge in [0, 0.05) is 0 Å². The zero-order chi connectivity index (χ0) is 22.9. The summed E-state index contributed by atoms with van der Waals surface area (Å²) in [4.78, 5) is 0. The van der Waals surface area contributed by atoms with Crippen LogP contribution in [0.2, 0.25) is 0 Å². The molecule has 6 heteroatoms. The Hall–Kier alpha value is -2.58. The average molecular weight is 448 g/mol. The van der Waals surface area contributed by atoms with Crippen LogP contribution in [0.15, 0.2) is 91.0 Å². The fourth-order valence-corrected chi connectivity index (χ4v) is 4.85. The van der Waals surface area contributed by atoms with Crippen LogP contribution in [0.25, 0.3) is 0 Å². The molecule has 6 nitrogen and oxygen atoms in total. The molecule has 4 atom stereocenters. The van der Waals surface area contributed by atoms with Crippen molar-refractivity contribution in [2.45, 2.75) is 49.8 Å². The Morgan fingerprint density at radius 1 is 0.818 bits per heavy atom. The van der Waals surface area contributed by atoms with E-state index in [4.69, 9.17) is 18.9 Å². The minimum atomic E-state index is -0.869. The lowest BCUT2D eigenvalue weighted by molar-refractivity contribution is -0.217. The summed E-state index contributed by atoms with van der Waals surface area (Å²) in [7, 11) is 0. The molecule has 5 rings (SSSR count). The van der Waals surface area contributed by atoms with E-state index < -0.39 is 35.9 Å². The van der Waals surface area contributed by atoms with Gasteiger partial charge in [-0.2, -0.15) is 5.48 Å². The maximum Gasteiger partial charge on any atom is 0.189 e. The van der Waals surface area contributed by atoms with Crippen LogP contribution in [0.5, 0.6) is 0 Å². The van der Waals surface area contributed by atoms with E-state index in [0.29, 0.717) is 0 Å². The van der Waals surface area contributed by atoms with Crippen LogP contribution < -0.4 is 5.48 Å². The quantitative estimate of drug-likeness (QED) is 0.418. The Labute approximate surface area is 194 Å². The molecule has 0 unspecified atom stereocenters. The maximum absolute atomic E-state index is 9.91. The van der Waals surface area contributed by atoms with Gasteiger partial charge in [0.2, 0.25) is 0 Å². The van der Waals surface area contributed by atoms with E-state index in [1.54, 1.807) is 0 Å². The van der Waals surface area contributed by atoms with E-state index in [-0.39, 0.29) is 6.61 Å². The van der Waals surface area contributed by atoms with Crippen LogP contribution in [0.3, 0.4) is 0 Å². The molecule has 3 aromatic carbocycles. The average Bonchev–Trinajstić information content (AvgIpc) is 3.32. The molecule has 2 N–H and O–H groups in total. The highest BCUT2D eigenvalue weighted by molar-refractivity contribution is 5.47. The predicted octanol–water partition coefficient (Wildman–Crippen LogP) is 4.22. The minimum Gasteiger partial charge on any atom is -0.358 e. The SMILES string of the molecule is CC1(C)O[C@H]2O[C@H](COC(c3ccccc3)(c3ccccc3)c3ccccc3)[C@@H](NO)[C@H]2O1. The van der Waals surface area contributed by atoms with Crippen molar-refractivity contribution in [3.8, 4) is 0 Å². The van der Waals surface area contributed by atoms with E-state index in [1.165, 1.54) is 0 Å². The van der Waals surface area contributed by atoms with E-state index in [2.05, 4.69) is 41.9 Å². The Bertz CT molecular complexity index is 947. The van der Waals surface area contributed by atoms with Crippen molar-refractivity contribution >= 4 is 0 Å². The van der Waals surface area contributed by atoms with Crippen molar-refractivity contribution in [2.24, 2.45) is 0 Å². The van der Waals surface area contributed by atoms with Gasteiger partial charge >= 0.3 is 0 Å². The number of ether oxygens (including phenoxy) is 4. The molecular formula is C27H29NO5. The first-order valence-corrected chi connectivity index (χ1v) is 11.2. The van der Waals surface area contributed by atoms with Crippen LogP contribution in [0.4, 0.5) is 0 Å². The smallest absolute Gasteiger partial charge is 0.189 e. The lowest BCUT2D eigenvalue weighted by atomic mass is 9.80. The van der Waals surface area contributed by atoms with E-state index >= 15 is 0 Å². The van der Waals surface area contributed by atoms with E-state index in [1.807, 2.05) is 68.4 Å². The molecule has 3 aromatic rings. The van der Waals surface area contributed by atoms with Crippen LogP contribution in [-0.4, -0.2) is 42.1 Å². The van der Waals surface area contributed by atoms with Gasteiger partial charge in [0.05, 0.1) is 12.6 Å². The third kappa shape index (κ3) is 4.10. The van der Waals surface area contributed by atoms with Gasteiger partial charge in [-0.3, -0.25) is 0 Å². The monoisotopic (exact) mass is 447 g/mol. The summed E-state index contributed by atoms with van der Waals surface area (Å²) in [6, 6.07) is 30.0. The summed E-state index contributed by atoms with van der Waals surface area (Å²) in [6.45, 7) is 3.87. The lowest BCUT2D eigenvalue weighted by Crippen LogP contribution is -2.47. The summed E-state index contributed by atoms with van der Waals surface area (Å²) < 4.78 is 24.8. The predicted molar refractivity (Wildman–Crippen MR) is 123 cm³/mol. The van der Waals surface area contributed by atoms with Gasteiger partial charge in [0.25, 0.3) is 0 Å². The molecule has 0 aliphatic carbocycles. The molecular weight excluding hydrogens is 418 g/mol. The van der Waals surface area contributed by atoms with Gasteiger partial charge in [0.15, 0.2) is 12.1 Å². The molecule has 0 bridgehead atoms. The Morgan fingerprint density at radius 3 is 1.76 bits per heavy atom. The highest BCUT2D eigenvalue weighted by Gasteiger charge is 2.55. The third-order valence-electron chi connectivity index (χ3n) is 6.31. The first-order chi connectivity index (χ1) is 16.0. The molecule has 2 aliphatic heterocycles. The number of hydrogen-bond donors (Lipinski definition) is 2. The number of nitrogens with one attached hydrogen (secondary N) is 1. The minimum absolute atomic E-state index is 0.205. The maximum atomic E-state index is 9.91. The highest BCUT2D eigenvalue weighted by atomic mass is 16.8. The summed E-state index contributed by atoms with van der Waals surface area (Å²) in [5.74, 6) is -0.766. The van der Waals surface area contributed by atoms with Gasteiger partial charge in [-0.05, 0) is 30.5 Å². The van der Waals surface area contributed by atoms with Crippen molar-refractivity contribution in [2.75, 3.05) is 6.61 Å². The highest BCUT2D eigenvalue weighted by Crippen LogP contribution is 2.42. The van der Waals surface area contributed by atoms with Crippen LogP contribution in [0, 0.1) is 0 Å². The first kappa shape index (κ1) is 22.2. The molecule has 0 aromatic heterocycles. The van der Waals surface area contributed by atoms with E-state index in [0.717, 1.165) is 16.7 Å². The normalized spacial score (nSPS) is 26.3. The fourth-order valence-electron chi connectivity index (χ4n) is 4.85. The molecule has 0 amide bonds. The van der Waals surface area contributed by atoms with Crippen molar-refractivity contribution in [1.29, 1.82) is 0 Å². The topological polar surface area (TPSA) is 69.2 Å². The molecule has 2 heterocycles. The molecule has 0 spiro atoms. The second kappa shape index (κ2) is 8.99. The molecule has 33 heavy (non-hydrogen) atoms. The first-order valence-electron chi connectivity index (χ1n) is 11.2. The third-order valence-corrected chi connectivity index (χ3v) is 6.31. The van der Waals surface area contributed by atoms with Crippen molar-refractivity contribution in [3.05, 3.63) is 108 Å². The summed E-state index contributed by atoms with van der Waals surface area (Å²) in [5.41, 5.74) is 4.51. The van der Waals surface area contributed by atoms with Gasteiger partial charge in [0.1, 0.15) is 17.8 Å². The summed E-state index contributed by atoms with van der Waals surface area (Å²) in [5, 5.41) is 9.91. The Balaban J connectivity index is 1.52. The zero-order valence-electron chi connectivity index (χ0n) is 18.8. The van der Waals surface area contributed by atoms with Crippen LogP contribution in [-0.2, 0) is 24.5 Å². The zero-order valence-corrected chi connectivity index (χ0v) is 18.8. The molecule has 2 fully saturated rings. The number of hydroxylamine groups is 1. The fraction of sp³-hybridized carbons (Fsp3) is 0.333. The Kier molecular flexibility index (Phi) is 6.05.